The van der Waals surface area contributed by atoms with Gasteiger partial charge in [0.25, 0.3) is 0 Å². The average Bonchev–Trinajstić information content (AvgIpc) is 3.08. The highest BCUT2D eigenvalue weighted by Crippen LogP contribution is 2.51. The lowest BCUT2D eigenvalue weighted by Gasteiger charge is -2.36. The maximum Gasteiger partial charge on any atom is 0.304 e. The van der Waals surface area contributed by atoms with Crippen molar-refractivity contribution in [2.45, 2.75) is 30.8 Å². The van der Waals surface area contributed by atoms with Gasteiger partial charge in [-0.2, -0.15) is 0 Å². The second kappa shape index (κ2) is 4.53. The number of nitrogens with zero attached hydrogens (tertiary/aromatic N) is 1. The molecule has 1 aromatic rings. The molecule has 1 saturated heterocycles. The average molecular weight is 261 g/mol. The highest BCUT2D eigenvalue weighted by Gasteiger charge is 2.46. The van der Waals surface area contributed by atoms with Crippen molar-refractivity contribution in [2.24, 2.45) is 0 Å². The van der Waals surface area contributed by atoms with E-state index in [2.05, 4.69) is 11.9 Å². The first kappa shape index (κ1) is 12.5. The Labute approximate surface area is 113 Å². The van der Waals surface area contributed by atoms with Gasteiger partial charge in [-0.25, -0.2) is 0 Å². The van der Waals surface area contributed by atoms with Gasteiger partial charge >= 0.3 is 5.97 Å². The van der Waals surface area contributed by atoms with Gasteiger partial charge in [0.15, 0.2) is 0 Å². The van der Waals surface area contributed by atoms with Crippen LogP contribution in [0.25, 0.3) is 0 Å². The second-order valence-corrected chi connectivity index (χ2v) is 5.84. The Kier molecular flexibility index (Phi) is 2.97. The number of likely N-dealkylation sites (N-methyl/N-ethyl adjacent to an activating group) is 1. The summed E-state index contributed by atoms with van der Waals surface area (Å²) in [5.74, 6) is 0.150. The molecule has 0 unspecified atom stereocenters. The minimum absolute atomic E-state index is 0.137. The molecule has 2 aliphatic rings. The molecule has 4 heteroatoms. The monoisotopic (exact) mass is 261 g/mol. The van der Waals surface area contributed by atoms with Crippen molar-refractivity contribution in [3.8, 4) is 5.75 Å². The van der Waals surface area contributed by atoms with E-state index >= 15 is 0 Å². The molecule has 3 rings (SSSR count). The molecule has 2 fully saturated rings. The number of carbonyl (C=O) groups is 1. The Bertz CT molecular complexity index is 490. The SMILES string of the molecule is CN1CC(Oc2cccc(C3(CC(=O)O)CC3)c2)C1. The Hall–Kier alpha value is -1.55. The number of carboxylic acid groups (broad SMARTS) is 1. The molecule has 0 spiro atoms. The number of rotatable bonds is 5. The van der Waals surface area contributed by atoms with Crippen LogP contribution in [0, 0.1) is 0 Å². The molecular weight excluding hydrogens is 242 g/mol. The molecule has 1 aliphatic carbocycles. The molecule has 1 N–H and O–H groups in total. The van der Waals surface area contributed by atoms with Crippen molar-refractivity contribution in [1.82, 2.24) is 4.90 Å². The standard InChI is InChI=1S/C15H19NO3/c1-16-9-13(10-16)19-12-4-2-3-11(7-12)15(5-6-15)8-14(17)18/h2-4,7,13H,5-6,8-10H2,1H3,(H,17,18). The first-order valence-corrected chi connectivity index (χ1v) is 6.75. The zero-order chi connectivity index (χ0) is 13.5. The summed E-state index contributed by atoms with van der Waals surface area (Å²) in [6.07, 6.45) is 2.43. The van der Waals surface area contributed by atoms with E-state index in [1.165, 1.54) is 0 Å². The fourth-order valence-corrected chi connectivity index (χ4v) is 2.82. The lowest BCUT2D eigenvalue weighted by Crippen LogP contribution is -2.51. The van der Waals surface area contributed by atoms with Crippen LogP contribution in [-0.4, -0.2) is 42.2 Å². The van der Waals surface area contributed by atoms with E-state index in [0.717, 1.165) is 37.2 Å². The fraction of sp³-hybridized carbons (Fsp3) is 0.533. The van der Waals surface area contributed by atoms with Gasteiger partial charge in [0.05, 0.1) is 6.42 Å². The van der Waals surface area contributed by atoms with Gasteiger partial charge < -0.3 is 9.84 Å². The van der Waals surface area contributed by atoms with Gasteiger partial charge in [0.2, 0.25) is 0 Å². The number of carboxylic acids is 1. The Morgan fingerprint density at radius 2 is 2.21 bits per heavy atom. The molecule has 4 nitrogen and oxygen atoms in total. The first-order chi connectivity index (χ1) is 9.07. The summed E-state index contributed by atoms with van der Waals surface area (Å²) in [6, 6.07) is 7.97. The number of benzene rings is 1. The van der Waals surface area contributed by atoms with Crippen LogP contribution >= 0.6 is 0 Å². The molecule has 0 atom stereocenters. The van der Waals surface area contributed by atoms with Crippen molar-refractivity contribution in [3.63, 3.8) is 0 Å². The number of hydrogen-bond donors (Lipinski definition) is 1. The normalized spacial score (nSPS) is 21.7. The molecule has 0 bridgehead atoms. The number of hydrogen-bond acceptors (Lipinski definition) is 3. The maximum atomic E-state index is 10.9. The Balaban J connectivity index is 1.71. The van der Waals surface area contributed by atoms with Gasteiger partial charge in [-0.15, -0.1) is 0 Å². The third-order valence-electron chi connectivity index (χ3n) is 4.12. The minimum Gasteiger partial charge on any atom is -0.488 e. The topological polar surface area (TPSA) is 49.8 Å². The predicted molar refractivity (Wildman–Crippen MR) is 71.5 cm³/mol. The van der Waals surface area contributed by atoms with E-state index in [-0.39, 0.29) is 17.9 Å². The number of aliphatic carboxylic acids is 1. The fourth-order valence-electron chi connectivity index (χ4n) is 2.82. The smallest absolute Gasteiger partial charge is 0.304 e. The zero-order valence-corrected chi connectivity index (χ0v) is 11.1. The molecule has 1 saturated carbocycles. The van der Waals surface area contributed by atoms with Crippen molar-refractivity contribution >= 4 is 5.97 Å². The van der Waals surface area contributed by atoms with E-state index in [1.54, 1.807) is 0 Å². The van der Waals surface area contributed by atoms with Crippen LogP contribution in [0.1, 0.15) is 24.8 Å². The van der Waals surface area contributed by atoms with Gasteiger partial charge in [0.1, 0.15) is 11.9 Å². The van der Waals surface area contributed by atoms with Crippen LogP contribution in [0.3, 0.4) is 0 Å². The summed E-state index contributed by atoms with van der Waals surface area (Å²) < 4.78 is 5.90. The Morgan fingerprint density at radius 3 is 2.79 bits per heavy atom. The van der Waals surface area contributed by atoms with Crippen molar-refractivity contribution in [3.05, 3.63) is 29.8 Å². The molecule has 1 aromatic carbocycles. The van der Waals surface area contributed by atoms with Gasteiger partial charge in [-0.1, -0.05) is 12.1 Å². The summed E-state index contributed by atoms with van der Waals surface area (Å²) in [5.41, 5.74) is 0.974. The van der Waals surface area contributed by atoms with Crippen LogP contribution in [0.2, 0.25) is 0 Å². The summed E-state index contributed by atoms with van der Waals surface area (Å²) in [6.45, 7) is 1.93. The van der Waals surface area contributed by atoms with Crippen molar-refractivity contribution < 1.29 is 14.6 Å². The first-order valence-electron chi connectivity index (χ1n) is 6.75. The highest BCUT2D eigenvalue weighted by atomic mass is 16.5. The molecule has 0 radical (unpaired) electrons. The highest BCUT2D eigenvalue weighted by molar-refractivity contribution is 5.70. The largest absolute Gasteiger partial charge is 0.488 e. The van der Waals surface area contributed by atoms with Crippen molar-refractivity contribution in [1.29, 1.82) is 0 Å². The minimum atomic E-state index is -0.718. The van der Waals surface area contributed by atoms with Crippen LogP contribution in [0.4, 0.5) is 0 Å². The van der Waals surface area contributed by atoms with E-state index in [9.17, 15) is 4.79 Å². The van der Waals surface area contributed by atoms with Crippen LogP contribution in [0.5, 0.6) is 5.75 Å². The zero-order valence-electron chi connectivity index (χ0n) is 11.1. The summed E-state index contributed by atoms with van der Waals surface area (Å²) >= 11 is 0. The van der Waals surface area contributed by atoms with E-state index in [0.29, 0.717) is 0 Å². The maximum absolute atomic E-state index is 10.9. The summed E-state index contributed by atoms with van der Waals surface area (Å²) in [7, 11) is 2.07. The summed E-state index contributed by atoms with van der Waals surface area (Å²) in [4.78, 5) is 13.2. The van der Waals surface area contributed by atoms with Crippen LogP contribution in [-0.2, 0) is 10.2 Å². The van der Waals surface area contributed by atoms with Crippen molar-refractivity contribution in [2.75, 3.05) is 20.1 Å². The van der Waals surface area contributed by atoms with E-state index < -0.39 is 5.97 Å². The molecule has 102 valence electrons. The third-order valence-corrected chi connectivity index (χ3v) is 4.12. The van der Waals surface area contributed by atoms with Crippen LogP contribution in [0.15, 0.2) is 24.3 Å². The molecule has 1 heterocycles. The quantitative estimate of drug-likeness (QED) is 0.879. The summed E-state index contributed by atoms with van der Waals surface area (Å²) in [5, 5.41) is 9.00. The molecule has 19 heavy (non-hydrogen) atoms. The van der Waals surface area contributed by atoms with Gasteiger partial charge in [0, 0.05) is 18.5 Å². The lowest BCUT2D eigenvalue weighted by molar-refractivity contribution is -0.137. The van der Waals surface area contributed by atoms with E-state index in [4.69, 9.17) is 9.84 Å². The second-order valence-electron chi connectivity index (χ2n) is 5.84. The van der Waals surface area contributed by atoms with Gasteiger partial charge in [-0.05, 0) is 37.6 Å². The molecule has 1 aliphatic heterocycles. The number of likely N-dealkylation sites (tertiary alicyclic amines) is 1. The van der Waals surface area contributed by atoms with Crippen LogP contribution < -0.4 is 4.74 Å². The molecular formula is C15H19NO3. The molecule has 0 amide bonds. The lowest BCUT2D eigenvalue weighted by atomic mass is 9.92. The van der Waals surface area contributed by atoms with Gasteiger partial charge in [-0.3, -0.25) is 9.69 Å². The van der Waals surface area contributed by atoms with E-state index in [1.807, 2.05) is 24.3 Å². The third kappa shape index (κ3) is 2.59. The molecule has 0 aromatic heterocycles. The Morgan fingerprint density at radius 1 is 1.47 bits per heavy atom. The number of ether oxygens (including phenoxy) is 1. The predicted octanol–water partition coefficient (Wildman–Crippen LogP) is 1.89.